The summed E-state index contributed by atoms with van der Waals surface area (Å²) in [6, 6.07) is 7.01. The first-order chi connectivity index (χ1) is 8.56. The maximum Gasteiger partial charge on any atom is 0.326 e. The van der Waals surface area contributed by atoms with Gasteiger partial charge in [-0.25, -0.2) is 4.79 Å². The van der Waals surface area contributed by atoms with Crippen LogP contribution in [0.4, 0.5) is 0 Å². The molecule has 1 aliphatic rings. The number of carbonyl (C=O) groups is 2. The molecule has 1 N–H and O–H groups in total. The van der Waals surface area contributed by atoms with Crippen LogP contribution in [-0.4, -0.2) is 28.4 Å². The first-order valence-corrected chi connectivity index (χ1v) is 6.10. The van der Waals surface area contributed by atoms with E-state index in [1.165, 1.54) is 10.5 Å². The van der Waals surface area contributed by atoms with Crippen molar-refractivity contribution in [2.45, 2.75) is 38.3 Å². The molecule has 0 radical (unpaired) electrons. The Labute approximate surface area is 106 Å². The molecular weight excluding hydrogens is 230 g/mol. The molecule has 2 rings (SSSR count). The van der Waals surface area contributed by atoms with Gasteiger partial charge in [-0.3, -0.25) is 4.79 Å². The minimum atomic E-state index is -0.973. The van der Waals surface area contributed by atoms with Gasteiger partial charge >= 0.3 is 5.97 Å². The molecule has 0 spiro atoms. The lowest BCUT2D eigenvalue weighted by atomic mass is 10.0. The number of benzene rings is 1. The maximum absolute atomic E-state index is 11.2. The Kier molecular flexibility index (Phi) is 3.36. The molecule has 0 heterocycles. The molecule has 0 aromatic heterocycles. The van der Waals surface area contributed by atoms with E-state index in [0.29, 0.717) is 12.3 Å². The molecule has 3 atom stereocenters. The Balaban J connectivity index is 2.35. The van der Waals surface area contributed by atoms with Crippen molar-refractivity contribution in [3.63, 3.8) is 0 Å². The number of hydrogen-bond acceptors (Lipinski definition) is 2. The van der Waals surface area contributed by atoms with Crippen molar-refractivity contribution < 1.29 is 14.7 Å². The minimum Gasteiger partial charge on any atom is -0.480 e. The van der Waals surface area contributed by atoms with E-state index in [0.717, 1.165) is 12.0 Å². The third-order valence-corrected chi connectivity index (χ3v) is 3.75. The number of aliphatic carboxylic acids is 1. The van der Waals surface area contributed by atoms with Crippen LogP contribution in [0.25, 0.3) is 0 Å². The molecule has 1 aromatic carbocycles. The van der Waals surface area contributed by atoms with Gasteiger partial charge in [0.25, 0.3) is 0 Å². The second-order valence-corrected chi connectivity index (χ2v) is 4.85. The van der Waals surface area contributed by atoms with Gasteiger partial charge in [-0.1, -0.05) is 31.2 Å². The van der Waals surface area contributed by atoms with Gasteiger partial charge in [0.2, 0.25) is 6.41 Å². The molecule has 0 bridgehead atoms. The average Bonchev–Trinajstić information content (AvgIpc) is 2.69. The zero-order chi connectivity index (χ0) is 13.3. The van der Waals surface area contributed by atoms with Crippen molar-refractivity contribution in [2.24, 2.45) is 0 Å². The first kappa shape index (κ1) is 12.6. The molecule has 1 aliphatic carbocycles. The van der Waals surface area contributed by atoms with Crippen LogP contribution in [0.5, 0.6) is 0 Å². The van der Waals surface area contributed by atoms with Crippen LogP contribution in [0.1, 0.15) is 43.4 Å². The van der Waals surface area contributed by atoms with Gasteiger partial charge in [-0.05, 0) is 30.4 Å². The standard InChI is InChI=1S/C14H17NO3/c1-9-7-13(12-6-4-3-5-11(9)12)15(8-16)10(2)14(17)18/h3-6,8-10,13H,7H2,1-2H3,(H,17,18). The molecule has 0 aliphatic heterocycles. The van der Waals surface area contributed by atoms with Crippen molar-refractivity contribution in [1.29, 1.82) is 0 Å². The molecule has 1 aromatic rings. The maximum atomic E-state index is 11.2. The molecule has 4 nitrogen and oxygen atoms in total. The number of fused-ring (bicyclic) bond motifs is 1. The second-order valence-electron chi connectivity index (χ2n) is 4.85. The van der Waals surface area contributed by atoms with Crippen LogP contribution in [0, 0.1) is 0 Å². The van der Waals surface area contributed by atoms with Crippen LogP contribution in [0.3, 0.4) is 0 Å². The van der Waals surface area contributed by atoms with E-state index in [2.05, 4.69) is 13.0 Å². The number of amides is 1. The summed E-state index contributed by atoms with van der Waals surface area (Å²) >= 11 is 0. The highest BCUT2D eigenvalue weighted by Crippen LogP contribution is 2.43. The van der Waals surface area contributed by atoms with Crippen LogP contribution >= 0.6 is 0 Å². The quantitative estimate of drug-likeness (QED) is 0.829. The summed E-state index contributed by atoms with van der Waals surface area (Å²) in [7, 11) is 0. The first-order valence-electron chi connectivity index (χ1n) is 6.10. The summed E-state index contributed by atoms with van der Waals surface area (Å²) in [6.45, 7) is 3.65. The van der Waals surface area contributed by atoms with E-state index < -0.39 is 12.0 Å². The lowest BCUT2D eigenvalue weighted by Gasteiger charge is -2.29. The monoisotopic (exact) mass is 247 g/mol. The predicted molar refractivity (Wildman–Crippen MR) is 67.2 cm³/mol. The summed E-state index contributed by atoms with van der Waals surface area (Å²) in [6.07, 6.45) is 1.44. The number of carboxylic acid groups (broad SMARTS) is 1. The molecule has 96 valence electrons. The number of carbonyl (C=O) groups excluding carboxylic acids is 1. The molecule has 0 fully saturated rings. The predicted octanol–water partition coefficient (Wildman–Crippen LogP) is 2.17. The van der Waals surface area contributed by atoms with Gasteiger partial charge in [-0.15, -0.1) is 0 Å². The molecule has 4 heteroatoms. The molecule has 3 unspecified atom stereocenters. The Morgan fingerprint density at radius 1 is 1.44 bits per heavy atom. The minimum absolute atomic E-state index is 0.125. The van der Waals surface area contributed by atoms with Gasteiger partial charge in [0.1, 0.15) is 6.04 Å². The topological polar surface area (TPSA) is 57.6 Å². The highest BCUT2D eigenvalue weighted by atomic mass is 16.4. The highest BCUT2D eigenvalue weighted by Gasteiger charge is 2.35. The van der Waals surface area contributed by atoms with E-state index in [1.54, 1.807) is 6.92 Å². The summed E-state index contributed by atoms with van der Waals surface area (Å²) in [5.41, 5.74) is 2.29. The zero-order valence-electron chi connectivity index (χ0n) is 10.5. The highest BCUT2D eigenvalue weighted by molar-refractivity contribution is 5.76. The van der Waals surface area contributed by atoms with Crippen molar-refractivity contribution in [2.75, 3.05) is 0 Å². The van der Waals surface area contributed by atoms with Gasteiger partial charge in [0.15, 0.2) is 0 Å². The van der Waals surface area contributed by atoms with Crippen molar-refractivity contribution in [1.82, 2.24) is 4.90 Å². The Bertz CT molecular complexity index is 472. The third kappa shape index (κ3) is 1.98. The Morgan fingerprint density at radius 2 is 2.06 bits per heavy atom. The van der Waals surface area contributed by atoms with Crippen molar-refractivity contribution in [3.05, 3.63) is 35.4 Å². The lowest BCUT2D eigenvalue weighted by molar-refractivity contribution is -0.147. The fourth-order valence-electron chi connectivity index (χ4n) is 2.70. The number of hydrogen-bond donors (Lipinski definition) is 1. The fraction of sp³-hybridized carbons (Fsp3) is 0.429. The summed E-state index contributed by atoms with van der Waals surface area (Å²) in [4.78, 5) is 23.7. The van der Waals surface area contributed by atoms with Crippen LogP contribution in [-0.2, 0) is 9.59 Å². The van der Waals surface area contributed by atoms with Gasteiger partial charge in [0.05, 0.1) is 6.04 Å². The van der Waals surface area contributed by atoms with Gasteiger partial charge < -0.3 is 10.0 Å². The lowest BCUT2D eigenvalue weighted by Crippen LogP contribution is -2.40. The van der Waals surface area contributed by atoms with Gasteiger partial charge in [-0.2, -0.15) is 0 Å². The largest absolute Gasteiger partial charge is 0.480 e. The normalized spacial score (nSPS) is 23.2. The Hall–Kier alpha value is -1.84. The Morgan fingerprint density at radius 3 is 2.61 bits per heavy atom. The zero-order valence-corrected chi connectivity index (χ0v) is 10.5. The number of carboxylic acids is 1. The van der Waals surface area contributed by atoms with Gasteiger partial charge in [0, 0.05) is 0 Å². The number of nitrogens with zero attached hydrogens (tertiary/aromatic N) is 1. The molecular formula is C14H17NO3. The summed E-state index contributed by atoms with van der Waals surface area (Å²) in [5.74, 6) is -0.617. The average molecular weight is 247 g/mol. The SMILES string of the molecule is CC1CC(N(C=O)C(C)C(=O)O)c2ccccc21. The third-order valence-electron chi connectivity index (χ3n) is 3.75. The van der Waals surface area contributed by atoms with E-state index in [9.17, 15) is 9.59 Å². The summed E-state index contributed by atoms with van der Waals surface area (Å²) < 4.78 is 0. The van der Waals surface area contributed by atoms with E-state index in [4.69, 9.17) is 5.11 Å². The fourth-order valence-corrected chi connectivity index (χ4v) is 2.70. The molecule has 0 saturated carbocycles. The molecule has 0 saturated heterocycles. The summed E-state index contributed by atoms with van der Waals surface area (Å²) in [5, 5.41) is 9.06. The van der Waals surface area contributed by atoms with Crippen LogP contribution < -0.4 is 0 Å². The van der Waals surface area contributed by atoms with Crippen molar-refractivity contribution in [3.8, 4) is 0 Å². The van der Waals surface area contributed by atoms with Crippen molar-refractivity contribution >= 4 is 12.4 Å². The number of rotatable bonds is 4. The second kappa shape index (κ2) is 4.80. The smallest absolute Gasteiger partial charge is 0.326 e. The van der Waals surface area contributed by atoms with E-state index >= 15 is 0 Å². The van der Waals surface area contributed by atoms with Crippen LogP contribution in [0.15, 0.2) is 24.3 Å². The van der Waals surface area contributed by atoms with E-state index in [-0.39, 0.29) is 6.04 Å². The molecule has 1 amide bonds. The molecule has 18 heavy (non-hydrogen) atoms. The van der Waals surface area contributed by atoms with Crippen LogP contribution in [0.2, 0.25) is 0 Å². The van der Waals surface area contributed by atoms with E-state index in [1.807, 2.05) is 18.2 Å².